The van der Waals surface area contributed by atoms with Gasteiger partial charge in [0, 0.05) is 19.3 Å². The van der Waals surface area contributed by atoms with Gasteiger partial charge in [0.15, 0.2) is 5.84 Å². The normalized spacial score (nSPS) is 16.2. The highest BCUT2D eigenvalue weighted by Crippen LogP contribution is 2.31. The molecule has 4 rings (SSSR count). The van der Waals surface area contributed by atoms with Crippen molar-refractivity contribution in [2.24, 2.45) is 4.99 Å². The summed E-state index contributed by atoms with van der Waals surface area (Å²) in [7, 11) is 0. The molecule has 0 bridgehead atoms. The van der Waals surface area contributed by atoms with Crippen molar-refractivity contribution in [1.82, 2.24) is 9.97 Å². The Labute approximate surface area is 127 Å². The molecule has 2 aromatic heterocycles. The van der Waals surface area contributed by atoms with Gasteiger partial charge in [-0.2, -0.15) is 0 Å². The number of rotatable bonds is 2. The summed E-state index contributed by atoms with van der Waals surface area (Å²) < 4.78 is 0. The molecule has 0 radical (unpaired) electrons. The second kappa shape index (κ2) is 5.00. The van der Waals surface area contributed by atoms with Gasteiger partial charge in [0.25, 0.3) is 0 Å². The molecule has 106 valence electrons. The molecule has 1 N–H and O–H groups in total. The van der Waals surface area contributed by atoms with Gasteiger partial charge < -0.3 is 10.2 Å². The number of amidine groups is 1. The van der Waals surface area contributed by atoms with E-state index >= 15 is 0 Å². The van der Waals surface area contributed by atoms with E-state index in [1.165, 1.54) is 12.8 Å². The first-order chi connectivity index (χ1) is 10.3. The number of aromatic nitrogens is 2. The van der Waals surface area contributed by atoms with E-state index < -0.39 is 0 Å². The Hall–Kier alpha value is -2.14. The van der Waals surface area contributed by atoms with Gasteiger partial charge >= 0.3 is 0 Å². The largest absolute Gasteiger partial charge is 0.355 e. The highest BCUT2D eigenvalue weighted by molar-refractivity contribution is 6.33. The highest BCUT2D eigenvalue weighted by atomic mass is 35.5. The third-order valence-electron chi connectivity index (χ3n) is 3.73. The lowest BCUT2D eigenvalue weighted by molar-refractivity contribution is 0.938. The second-order valence-electron chi connectivity index (χ2n) is 5.18. The van der Waals surface area contributed by atoms with Gasteiger partial charge in [-0.3, -0.25) is 4.98 Å². The topological polar surface area (TPSA) is 53.4 Å². The summed E-state index contributed by atoms with van der Waals surface area (Å²) in [6.45, 7) is 2.06. The van der Waals surface area contributed by atoms with E-state index in [2.05, 4.69) is 25.2 Å². The van der Waals surface area contributed by atoms with E-state index in [-0.39, 0.29) is 0 Å². The number of hydrogen-bond donors (Lipinski definition) is 1. The van der Waals surface area contributed by atoms with Gasteiger partial charge in [0.05, 0.1) is 22.6 Å². The number of halogens is 1. The summed E-state index contributed by atoms with van der Waals surface area (Å²) in [5, 5.41) is 3.88. The highest BCUT2D eigenvalue weighted by Gasteiger charge is 2.21. The van der Waals surface area contributed by atoms with Crippen molar-refractivity contribution in [3.8, 4) is 0 Å². The first-order valence-corrected chi connectivity index (χ1v) is 7.41. The Morgan fingerprint density at radius 1 is 1.19 bits per heavy atom. The molecule has 2 aliphatic rings. The molecular formula is C15H14ClN5. The van der Waals surface area contributed by atoms with Gasteiger partial charge in [0.2, 0.25) is 0 Å². The molecule has 4 heterocycles. The summed E-state index contributed by atoms with van der Waals surface area (Å²) in [6, 6.07) is 5.71. The molecule has 0 amide bonds. The van der Waals surface area contributed by atoms with Crippen LogP contribution in [-0.2, 0) is 0 Å². The molecule has 21 heavy (non-hydrogen) atoms. The maximum Gasteiger partial charge on any atom is 0.159 e. The molecular weight excluding hydrogens is 286 g/mol. The molecule has 0 atom stereocenters. The van der Waals surface area contributed by atoms with Crippen molar-refractivity contribution in [3.05, 3.63) is 41.3 Å². The number of anilines is 2. The zero-order valence-electron chi connectivity index (χ0n) is 11.4. The van der Waals surface area contributed by atoms with Crippen LogP contribution < -0.4 is 10.2 Å². The molecule has 5 nitrogen and oxygen atoms in total. The first-order valence-electron chi connectivity index (χ1n) is 7.03. The van der Waals surface area contributed by atoms with Crippen LogP contribution in [-0.4, -0.2) is 28.9 Å². The smallest absolute Gasteiger partial charge is 0.159 e. The summed E-state index contributed by atoms with van der Waals surface area (Å²) in [5.41, 5.74) is 2.63. The van der Waals surface area contributed by atoms with Gasteiger partial charge in [0.1, 0.15) is 11.5 Å². The number of nitrogens with zero attached hydrogens (tertiary/aromatic N) is 4. The van der Waals surface area contributed by atoms with Crippen molar-refractivity contribution in [3.63, 3.8) is 0 Å². The minimum absolute atomic E-state index is 0.670. The van der Waals surface area contributed by atoms with Gasteiger partial charge in [-0.05, 0) is 31.0 Å². The van der Waals surface area contributed by atoms with E-state index in [1.807, 2.05) is 18.2 Å². The van der Waals surface area contributed by atoms with Gasteiger partial charge in [-0.25, -0.2) is 9.98 Å². The molecule has 0 aromatic carbocycles. The number of fused-ring (bicyclic) bond motifs is 1. The number of pyridine rings is 2. The number of hydrogen-bond acceptors (Lipinski definition) is 5. The zero-order valence-corrected chi connectivity index (χ0v) is 12.1. The summed E-state index contributed by atoms with van der Waals surface area (Å²) in [4.78, 5) is 15.4. The van der Waals surface area contributed by atoms with Gasteiger partial charge in [-0.1, -0.05) is 11.6 Å². The average Bonchev–Trinajstić information content (AvgIpc) is 2.99. The molecule has 0 unspecified atom stereocenters. The Balaban J connectivity index is 1.53. The second-order valence-corrected chi connectivity index (χ2v) is 5.59. The Bertz CT molecular complexity index is 722. The Morgan fingerprint density at radius 3 is 2.81 bits per heavy atom. The van der Waals surface area contributed by atoms with Crippen LogP contribution in [0.2, 0.25) is 5.02 Å². The van der Waals surface area contributed by atoms with Crippen LogP contribution in [0.3, 0.4) is 0 Å². The van der Waals surface area contributed by atoms with Crippen molar-refractivity contribution >= 4 is 34.6 Å². The lowest BCUT2D eigenvalue weighted by Gasteiger charge is -2.20. The van der Waals surface area contributed by atoms with Crippen LogP contribution in [0.1, 0.15) is 18.5 Å². The predicted molar refractivity (Wildman–Crippen MR) is 84.8 cm³/mol. The summed E-state index contributed by atoms with van der Waals surface area (Å²) in [6.07, 6.45) is 5.97. The van der Waals surface area contributed by atoms with Crippen molar-refractivity contribution < 1.29 is 0 Å². The molecule has 2 aliphatic heterocycles. The molecule has 6 heteroatoms. The molecule has 1 saturated heterocycles. The van der Waals surface area contributed by atoms with Crippen LogP contribution in [0.5, 0.6) is 0 Å². The van der Waals surface area contributed by atoms with E-state index in [0.29, 0.717) is 5.02 Å². The van der Waals surface area contributed by atoms with Crippen LogP contribution in [0.15, 0.2) is 35.6 Å². The van der Waals surface area contributed by atoms with Crippen molar-refractivity contribution in [2.75, 3.05) is 23.3 Å². The van der Waals surface area contributed by atoms with E-state index in [1.54, 1.807) is 12.4 Å². The fourth-order valence-corrected chi connectivity index (χ4v) is 2.96. The SMILES string of the molecule is Clc1cc(NC2=Nc3cccnc32)cnc1N1CCCC1. The predicted octanol–water partition coefficient (Wildman–Crippen LogP) is 3.23. The van der Waals surface area contributed by atoms with E-state index in [4.69, 9.17) is 11.6 Å². The number of nitrogens with one attached hydrogen (secondary N) is 1. The molecule has 1 fully saturated rings. The fraction of sp³-hybridized carbons (Fsp3) is 0.267. The van der Waals surface area contributed by atoms with E-state index in [9.17, 15) is 0 Å². The first kappa shape index (κ1) is 12.6. The summed E-state index contributed by atoms with van der Waals surface area (Å²) in [5.74, 6) is 1.63. The quantitative estimate of drug-likeness (QED) is 0.925. The monoisotopic (exact) mass is 299 g/mol. The maximum atomic E-state index is 6.35. The average molecular weight is 300 g/mol. The third kappa shape index (κ3) is 2.23. The zero-order chi connectivity index (χ0) is 14.2. The molecule has 0 aliphatic carbocycles. The minimum Gasteiger partial charge on any atom is -0.355 e. The van der Waals surface area contributed by atoms with E-state index in [0.717, 1.165) is 41.8 Å². The van der Waals surface area contributed by atoms with Crippen LogP contribution in [0.25, 0.3) is 0 Å². The summed E-state index contributed by atoms with van der Waals surface area (Å²) >= 11 is 6.35. The lowest BCUT2D eigenvalue weighted by atomic mass is 10.2. The lowest BCUT2D eigenvalue weighted by Crippen LogP contribution is -2.22. The molecule has 0 spiro atoms. The van der Waals surface area contributed by atoms with Crippen LogP contribution >= 0.6 is 11.6 Å². The fourth-order valence-electron chi connectivity index (χ4n) is 2.67. The van der Waals surface area contributed by atoms with Crippen LogP contribution in [0, 0.1) is 0 Å². The minimum atomic E-state index is 0.670. The molecule has 0 saturated carbocycles. The standard InChI is InChI=1S/C15H14ClN5/c16-11-8-10(9-18-15(11)21-6-1-2-7-21)19-14-13-12(20-14)4-3-5-17-13/h3-5,8-9H,1-2,6-7H2,(H,19,20). The third-order valence-corrected chi connectivity index (χ3v) is 4.01. The van der Waals surface area contributed by atoms with Crippen molar-refractivity contribution in [1.29, 1.82) is 0 Å². The number of aliphatic imine (C=N–C) groups is 1. The molecule has 2 aromatic rings. The van der Waals surface area contributed by atoms with Crippen molar-refractivity contribution in [2.45, 2.75) is 12.8 Å². The maximum absolute atomic E-state index is 6.35. The van der Waals surface area contributed by atoms with Gasteiger partial charge in [-0.15, -0.1) is 0 Å². The Kier molecular flexibility index (Phi) is 3.00. The van der Waals surface area contributed by atoms with Crippen LogP contribution in [0.4, 0.5) is 17.2 Å². The Morgan fingerprint density at radius 2 is 2.05 bits per heavy atom.